The van der Waals surface area contributed by atoms with E-state index in [9.17, 15) is 14.7 Å². The number of rotatable bonds is 6. The molecule has 1 saturated heterocycles. The average molecular weight is 357 g/mol. The molecule has 0 saturated carbocycles. The number of carbonyl (C=O) groups excluding carboxylic acids is 2. The molecule has 0 spiro atoms. The third kappa shape index (κ3) is 4.02. The SMILES string of the molecule is COc1cc(/C=N/NC(=O)C2CC(=O)N(Cc3ccco3)C2)ccc1O. The van der Waals surface area contributed by atoms with Crippen LogP contribution in [-0.4, -0.2) is 41.7 Å². The quantitative estimate of drug-likeness (QED) is 0.602. The Morgan fingerprint density at radius 2 is 2.35 bits per heavy atom. The Balaban J connectivity index is 1.54. The van der Waals surface area contributed by atoms with Crippen molar-refractivity contribution in [2.45, 2.75) is 13.0 Å². The molecule has 26 heavy (non-hydrogen) atoms. The molecule has 0 bridgehead atoms. The van der Waals surface area contributed by atoms with Gasteiger partial charge in [0, 0.05) is 13.0 Å². The number of carbonyl (C=O) groups is 2. The molecule has 136 valence electrons. The number of phenolic OH excluding ortho intramolecular Hbond substituents is 1. The Labute approximate surface area is 150 Å². The van der Waals surface area contributed by atoms with Crippen molar-refractivity contribution in [2.75, 3.05) is 13.7 Å². The van der Waals surface area contributed by atoms with E-state index in [0.29, 0.717) is 30.2 Å². The van der Waals surface area contributed by atoms with E-state index in [4.69, 9.17) is 9.15 Å². The Morgan fingerprint density at radius 1 is 1.50 bits per heavy atom. The van der Waals surface area contributed by atoms with Gasteiger partial charge in [-0.1, -0.05) is 0 Å². The lowest BCUT2D eigenvalue weighted by Crippen LogP contribution is -2.30. The Morgan fingerprint density at radius 3 is 3.08 bits per heavy atom. The smallest absolute Gasteiger partial charge is 0.245 e. The van der Waals surface area contributed by atoms with Crippen molar-refractivity contribution in [1.29, 1.82) is 0 Å². The van der Waals surface area contributed by atoms with Gasteiger partial charge < -0.3 is 19.2 Å². The number of aromatic hydroxyl groups is 1. The molecule has 8 nitrogen and oxygen atoms in total. The molecule has 1 unspecified atom stereocenters. The van der Waals surface area contributed by atoms with E-state index >= 15 is 0 Å². The summed E-state index contributed by atoms with van der Waals surface area (Å²) >= 11 is 0. The summed E-state index contributed by atoms with van der Waals surface area (Å²) in [7, 11) is 1.45. The first-order valence-electron chi connectivity index (χ1n) is 8.07. The van der Waals surface area contributed by atoms with Gasteiger partial charge in [0.2, 0.25) is 11.8 Å². The van der Waals surface area contributed by atoms with Crippen LogP contribution in [0.4, 0.5) is 0 Å². The number of nitrogens with zero attached hydrogens (tertiary/aromatic N) is 2. The van der Waals surface area contributed by atoms with Crippen molar-refractivity contribution in [1.82, 2.24) is 10.3 Å². The first kappa shape index (κ1) is 17.5. The van der Waals surface area contributed by atoms with Crippen LogP contribution >= 0.6 is 0 Å². The molecule has 0 radical (unpaired) electrons. The Bertz CT molecular complexity index is 816. The summed E-state index contributed by atoms with van der Waals surface area (Å²) in [4.78, 5) is 25.9. The zero-order valence-corrected chi connectivity index (χ0v) is 14.2. The van der Waals surface area contributed by atoms with Crippen LogP contribution in [0.5, 0.6) is 11.5 Å². The van der Waals surface area contributed by atoms with Gasteiger partial charge in [-0.2, -0.15) is 5.10 Å². The van der Waals surface area contributed by atoms with Gasteiger partial charge in [0.25, 0.3) is 0 Å². The molecular formula is C18H19N3O5. The Hall–Kier alpha value is -3.29. The summed E-state index contributed by atoms with van der Waals surface area (Å²) in [5.41, 5.74) is 3.10. The summed E-state index contributed by atoms with van der Waals surface area (Å²) in [6, 6.07) is 8.25. The first-order chi connectivity index (χ1) is 12.6. The third-order valence-corrected chi connectivity index (χ3v) is 4.10. The fourth-order valence-electron chi connectivity index (χ4n) is 2.73. The van der Waals surface area contributed by atoms with Crippen LogP contribution in [0.15, 0.2) is 46.1 Å². The second-order valence-corrected chi connectivity index (χ2v) is 5.92. The molecule has 1 aliphatic heterocycles. The number of ether oxygens (including phenoxy) is 1. The minimum atomic E-state index is -0.455. The zero-order valence-electron chi connectivity index (χ0n) is 14.2. The van der Waals surface area contributed by atoms with E-state index in [1.165, 1.54) is 19.4 Å². The van der Waals surface area contributed by atoms with Crippen molar-refractivity contribution < 1.29 is 23.8 Å². The molecule has 1 fully saturated rings. The molecule has 1 aromatic carbocycles. The van der Waals surface area contributed by atoms with E-state index in [1.807, 2.05) is 0 Å². The van der Waals surface area contributed by atoms with Gasteiger partial charge in [0.15, 0.2) is 11.5 Å². The second kappa shape index (κ2) is 7.73. The fourth-order valence-corrected chi connectivity index (χ4v) is 2.73. The standard InChI is InChI=1S/C18H19N3O5/c1-25-16-7-12(4-5-15(16)22)9-19-20-18(24)13-8-17(23)21(10-13)11-14-3-2-6-26-14/h2-7,9,13,22H,8,10-11H2,1H3,(H,20,24)/b19-9+. The van der Waals surface area contributed by atoms with Crippen LogP contribution in [0, 0.1) is 5.92 Å². The monoisotopic (exact) mass is 357 g/mol. The number of methoxy groups -OCH3 is 1. The van der Waals surface area contributed by atoms with Crippen molar-refractivity contribution in [3.8, 4) is 11.5 Å². The molecule has 1 aliphatic rings. The van der Waals surface area contributed by atoms with E-state index in [-0.39, 0.29) is 24.0 Å². The maximum Gasteiger partial charge on any atom is 0.245 e. The normalized spacial score (nSPS) is 17.0. The van der Waals surface area contributed by atoms with Crippen molar-refractivity contribution in [3.05, 3.63) is 47.9 Å². The van der Waals surface area contributed by atoms with Crippen LogP contribution in [0.25, 0.3) is 0 Å². The lowest BCUT2D eigenvalue weighted by molar-refractivity contribution is -0.129. The largest absolute Gasteiger partial charge is 0.504 e. The predicted molar refractivity (Wildman–Crippen MR) is 92.6 cm³/mol. The molecule has 2 amide bonds. The van der Waals surface area contributed by atoms with E-state index < -0.39 is 5.92 Å². The molecule has 1 atom stereocenters. The highest BCUT2D eigenvalue weighted by Crippen LogP contribution is 2.25. The van der Waals surface area contributed by atoms with E-state index in [1.54, 1.807) is 35.4 Å². The van der Waals surface area contributed by atoms with Gasteiger partial charge in [-0.05, 0) is 35.9 Å². The number of likely N-dealkylation sites (tertiary alicyclic amines) is 1. The van der Waals surface area contributed by atoms with Gasteiger partial charge >= 0.3 is 0 Å². The highest BCUT2D eigenvalue weighted by molar-refractivity contribution is 5.90. The third-order valence-electron chi connectivity index (χ3n) is 4.10. The highest BCUT2D eigenvalue weighted by Gasteiger charge is 2.34. The number of furan rings is 1. The molecule has 8 heteroatoms. The lowest BCUT2D eigenvalue weighted by Gasteiger charge is -2.14. The van der Waals surface area contributed by atoms with E-state index in [0.717, 1.165) is 0 Å². The Kier molecular flexibility index (Phi) is 5.21. The van der Waals surface area contributed by atoms with Crippen LogP contribution < -0.4 is 10.2 Å². The van der Waals surface area contributed by atoms with Gasteiger partial charge in [-0.25, -0.2) is 5.43 Å². The van der Waals surface area contributed by atoms with Crippen LogP contribution in [-0.2, 0) is 16.1 Å². The maximum atomic E-state index is 12.2. The molecule has 3 rings (SSSR count). The maximum absolute atomic E-state index is 12.2. The predicted octanol–water partition coefficient (Wildman–Crippen LogP) is 1.49. The number of nitrogens with one attached hydrogen (secondary N) is 1. The number of benzene rings is 1. The number of phenols is 1. The van der Waals surface area contributed by atoms with Gasteiger partial charge in [0.05, 0.1) is 32.1 Å². The number of hydrogen-bond donors (Lipinski definition) is 2. The van der Waals surface area contributed by atoms with Crippen LogP contribution in [0.2, 0.25) is 0 Å². The molecule has 2 N–H and O–H groups in total. The number of amides is 2. The first-order valence-corrected chi connectivity index (χ1v) is 8.07. The fraction of sp³-hybridized carbons (Fsp3) is 0.278. The van der Waals surface area contributed by atoms with Crippen molar-refractivity contribution >= 4 is 18.0 Å². The summed E-state index contributed by atoms with van der Waals surface area (Å²) in [5, 5.41) is 13.5. The topological polar surface area (TPSA) is 104 Å². The summed E-state index contributed by atoms with van der Waals surface area (Å²) in [6.07, 6.45) is 3.14. The molecular weight excluding hydrogens is 338 g/mol. The zero-order chi connectivity index (χ0) is 18.5. The van der Waals surface area contributed by atoms with Crippen LogP contribution in [0.3, 0.4) is 0 Å². The summed E-state index contributed by atoms with van der Waals surface area (Å²) in [5.74, 6) is 0.156. The summed E-state index contributed by atoms with van der Waals surface area (Å²) in [6.45, 7) is 0.681. The van der Waals surface area contributed by atoms with E-state index in [2.05, 4.69) is 10.5 Å². The molecule has 2 aromatic rings. The van der Waals surface area contributed by atoms with Gasteiger partial charge in [-0.3, -0.25) is 9.59 Å². The lowest BCUT2D eigenvalue weighted by atomic mass is 10.1. The highest BCUT2D eigenvalue weighted by atomic mass is 16.5. The minimum absolute atomic E-state index is 0.0230. The average Bonchev–Trinajstić information content (AvgIpc) is 3.27. The minimum Gasteiger partial charge on any atom is -0.504 e. The van der Waals surface area contributed by atoms with Crippen LogP contribution in [0.1, 0.15) is 17.7 Å². The van der Waals surface area contributed by atoms with Crippen molar-refractivity contribution in [2.24, 2.45) is 11.0 Å². The van der Waals surface area contributed by atoms with Gasteiger partial charge in [-0.15, -0.1) is 0 Å². The molecule has 0 aliphatic carbocycles. The molecule has 1 aromatic heterocycles. The van der Waals surface area contributed by atoms with Gasteiger partial charge in [0.1, 0.15) is 5.76 Å². The molecule has 2 heterocycles. The number of hydrogen-bond acceptors (Lipinski definition) is 6. The van der Waals surface area contributed by atoms with Crippen molar-refractivity contribution in [3.63, 3.8) is 0 Å². The number of hydrazone groups is 1. The second-order valence-electron chi connectivity index (χ2n) is 5.92. The summed E-state index contributed by atoms with van der Waals surface area (Å²) < 4.78 is 10.2.